The molecule has 1 aliphatic rings. The van der Waals surface area contributed by atoms with Gasteiger partial charge >= 0.3 is 0 Å². The molecule has 0 saturated heterocycles. The van der Waals surface area contributed by atoms with Gasteiger partial charge in [0.05, 0.1) is 16.3 Å². The third-order valence-electron chi connectivity index (χ3n) is 3.95. The van der Waals surface area contributed by atoms with E-state index in [1.54, 1.807) is 18.2 Å². The van der Waals surface area contributed by atoms with Crippen LogP contribution in [0.3, 0.4) is 0 Å². The van der Waals surface area contributed by atoms with Gasteiger partial charge in [-0.1, -0.05) is 0 Å². The maximum atomic E-state index is 12.7. The van der Waals surface area contributed by atoms with Crippen molar-refractivity contribution in [3.63, 3.8) is 0 Å². The second-order valence-electron chi connectivity index (χ2n) is 5.27. The summed E-state index contributed by atoms with van der Waals surface area (Å²) in [5.74, 6) is 0.903. The Balaban J connectivity index is 1.90. The topological polar surface area (TPSA) is 72.2 Å². The van der Waals surface area contributed by atoms with Crippen molar-refractivity contribution in [1.29, 1.82) is 0 Å². The van der Waals surface area contributed by atoms with Crippen molar-refractivity contribution in [1.82, 2.24) is 10.3 Å². The summed E-state index contributed by atoms with van der Waals surface area (Å²) in [5, 5.41) is 4.15. The summed E-state index contributed by atoms with van der Waals surface area (Å²) in [4.78, 5) is 4.40. The molecule has 0 amide bonds. The van der Waals surface area contributed by atoms with Crippen LogP contribution >= 0.6 is 0 Å². The molecule has 0 saturated carbocycles. The second kappa shape index (κ2) is 4.93. The van der Waals surface area contributed by atoms with E-state index in [1.165, 1.54) is 24.5 Å². The highest BCUT2D eigenvalue weighted by Crippen LogP contribution is 2.31. The molecule has 2 aromatic heterocycles. The zero-order chi connectivity index (χ0) is 15.2. The number of aromatic nitrogens is 1. The number of rotatable bonds is 2. The van der Waals surface area contributed by atoms with Crippen LogP contribution in [0.5, 0.6) is 0 Å². The Kier molecular flexibility index (Phi) is 3.02. The van der Waals surface area contributed by atoms with Gasteiger partial charge in [0.1, 0.15) is 11.3 Å². The number of pyridine rings is 1. The Labute approximate surface area is 127 Å². The van der Waals surface area contributed by atoms with Crippen molar-refractivity contribution in [2.45, 2.75) is 22.8 Å². The van der Waals surface area contributed by atoms with E-state index in [-0.39, 0.29) is 9.79 Å². The van der Waals surface area contributed by atoms with Crippen LogP contribution < -0.4 is 5.32 Å². The van der Waals surface area contributed by atoms with E-state index in [0.717, 1.165) is 35.3 Å². The minimum absolute atomic E-state index is 0.251. The molecule has 0 atom stereocenters. The van der Waals surface area contributed by atoms with Crippen LogP contribution in [0.1, 0.15) is 11.3 Å². The Morgan fingerprint density at radius 1 is 1.09 bits per heavy atom. The predicted octanol–water partition coefficient (Wildman–Crippen LogP) is 2.31. The van der Waals surface area contributed by atoms with Crippen LogP contribution in [0.2, 0.25) is 0 Å². The minimum atomic E-state index is -3.53. The minimum Gasteiger partial charge on any atom is -0.459 e. The van der Waals surface area contributed by atoms with Crippen LogP contribution in [0.15, 0.2) is 56.9 Å². The molecular weight excluding hydrogens is 300 g/mol. The third-order valence-corrected chi connectivity index (χ3v) is 5.72. The molecule has 3 aromatic rings. The van der Waals surface area contributed by atoms with Gasteiger partial charge in [0.25, 0.3) is 0 Å². The normalized spacial score (nSPS) is 14.9. The fourth-order valence-corrected chi connectivity index (χ4v) is 4.10. The van der Waals surface area contributed by atoms with Gasteiger partial charge in [0, 0.05) is 23.3 Å². The molecule has 0 spiro atoms. The van der Waals surface area contributed by atoms with Crippen molar-refractivity contribution in [3.8, 4) is 0 Å². The SMILES string of the molecule is O=S(=O)(c1ccncc1)c1ccc2oc3c(c2c1)CCNC3. The molecule has 112 valence electrons. The van der Waals surface area contributed by atoms with Gasteiger partial charge in [-0.2, -0.15) is 0 Å². The molecule has 1 aliphatic heterocycles. The lowest BCUT2D eigenvalue weighted by Crippen LogP contribution is -2.22. The van der Waals surface area contributed by atoms with Crippen molar-refractivity contribution < 1.29 is 12.8 Å². The number of nitrogens with one attached hydrogen (secondary N) is 1. The molecule has 0 unspecified atom stereocenters. The van der Waals surface area contributed by atoms with E-state index < -0.39 is 9.84 Å². The van der Waals surface area contributed by atoms with Gasteiger partial charge in [-0.05, 0) is 43.3 Å². The molecule has 22 heavy (non-hydrogen) atoms. The number of fused-ring (bicyclic) bond motifs is 3. The van der Waals surface area contributed by atoms with Gasteiger partial charge in [0.15, 0.2) is 0 Å². The number of furan rings is 1. The molecule has 1 N–H and O–H groups in total. The molecule has 5 nitrogen and oxygen atoms in total. The number of hydrogen-bond donors (Lipinski definition) is 1. The van der Waals surface area contributed by atoms with Crippen LogP contribution in [-0.4, -0.2) is 19.9 Å². The van der Waals surface area contributed by atoms with Crippen molar-refractivity contribution in [2.24, 2.45) is 0 Å². The summed E-state index contributed by atoms with van der Waals surface area (Å²) in [6.45, 7) is 1.57. The summed E-state index contributed by atoms with van der Waals surface area (Å²) in [6.07, 6.45) is 3.81. The maximum absolute atomic E-state index is 12.7. The zero-order valence-corrected chi connectivity index (χ0v) is 12.6. The lowest BCUT2D eigenvalue weighted by Gasteiger charge is -2.10. The van der Waals surface area contributed by atoms with E-state index >= 15 is 0 Å². The molecule has 0 radical (unpaired) electrons. The zero-order valence-electron chi connectivity index (χ0n) is 11.7. The molecule has 1 aromatic carbocycles. The second-order valence-corrected chi connectivity index (χ2v) is 7.22. The fraction of sp³-hybridized carbons (Fsp3) is 0.188. The largest absolute Gasteiger partial charge is 0.459 e. The highest BCUT2D eigenvalue weighted by atomic mass is 32.2. The Morgan fingerprint density at radius 2 is 1.91 bits per heavy atom. The molecular formula is C16H14N2O3S. The van der Waals surface area contributed by atoms with Crippen LogP contribution in [0, 0.1) is 0 Å². The van der Waals surface area contributed by atoms with Gasteiger partial charge in [0.2, 0.25) is 9.84 Å². The van der Waals surface area contributed by atoms with Gasteiger partial charge in [-0.15, -0.1) is 0 Å². The lowest BCUT2D eigenvalue weighted by atomic mass is 10.1. The first kappa shape index (κ1) is 13.5. The Bertz CT molecular complexity index is 946. The summed E-state index contributed by atoms with van der Waals surface area (Å²) in [5.41, 5.74) is 1.85. The first-order valence-electron chi connectivity index (χ1n) is 7.06. The van der Waals surface area contributed by atoms with E-state index in [4.69, 9.17) is 4.42 Å². The van der Waals surface area contributed by atoms with Crippen LogP contribution in [0.25, 0.3) is 11.0 Å². The van der Waals surface area contributed by atoms with Crippen LogP contribution in [-0.2, 0) is 22.8 Å². The standard InChI is InChI=1S/C16H14N2O3S/c19-22(20,11-3-6-17-7-4-11)12-1-2-15-14(9-12)13-5-8-18-10-16(13)21-15/h1-4,6-7,9,18H,5,8,10H2. The smallest absolute Gasteiger partial charge is 0.206 e. The molecule has 0 bridgehead atoms. The van der Waals surface area contributed by atoms with Crippen molar-refractivity contribution in [3.05, 3.63) is 54.0 Å². The highest BCUT2D eigenvalue weighted by Gasteiger charge is 2.22. The first-order chi connectivity index (χ1) is 10.7. The van der Waals surface area contributed by atoms with Gasteiger partial charge in [-0.25, -0.2) is 8.42 Å². The number of hydrogen-bond acceptors (Lipinski definition) is 5. The van der Waals surface area contributed by atoms with Gasteiger partial charge < -0.3 is 9.73 Å². The molecule has 0 fully saturated rings. The highest BCUT2D eigenvalue weighted by molar-refractivity contribution is 7.91. The fourth-order valence-electron chi connectivity index (χ4n) is 2.83. The maximum Gasteiger partial charge on any atom is 0.206 e. The average molecular weight is 314 g/mol. The van der Waals surface area contributed by atoms with Gasteiger partial charge in [-0.3, -0.25) is 4.98 Å². The quantitative estimate of drug-likeness (QED) is 0.786. The number of nitrogens with zero attached hydrogens (tertiary/aromatic N) is 1. The summed E-state index contributed by atoms with van der Waals surface area (Å²) in [7, 11) is -3.53. The average Bonchev–Trinajstić information content (AvgIpc) is 2.93. The van der Waals surface area contributed by atoms with E-state index in [1.807, 2.05) is 0 Å². The molecule has 4 rings (SSSR count). The monoisotopic (exact) mass is 314 g/mol. The van der Waals surface area contributed by atoms with Crippen molar-refractivity contribution in [2.75, 3.05) is 6.54 Å². The molecule has 3 heterocycles. The predicted molar refractivity (Wildman–Crippen MR) is 81.3 cm³/mol. The number of sulfone groups is 1. The van der Waals surface area contributed by atoms with Crippen molar-refractivity contribution >= 4 is 20.8 Å². The number of benzene rings is 1. The lowest BCUT2D eigenvalue weighted by molar-refractivity contribution is 0.488. The molecule has 6 heteroatoms. The van der Waals surface area contributed by atoms with Crippen LogP contribution in [0.4, 0.5) is 0 Å². The summed E-state index contributed by atoms with van der Waals surface area (Å²) in [6, 6.07) is 8.07. The Morgan fingerprint density at radius 3 is 2.73 bits per heavy atom. The summed E-state index contributed by atoms with van der Waals surface area (Å²) >= 11 is 0. The van der Waals surface area contributed by atoms with E-state index in [0.29, 0.717) is 6.54 Å². The summed E-state index contributed by atoms with van der Waals surface area (Å²) < 4.78 is 31.2. The Hall–Kier alpha value is -2.18. The molecule has 0 aliphatic carbocycles. The van der Waals surface area contributed by atoms with E-state index in [9.17, 15) is 8.42 Å². The first-order valence-corrected chi connectivity index (χ1v) is 8.55. The third kappa shape index (κ3) is 2.03. The van der Waals surface area contributed by atoms with E-state index in [2.05, 4.69) is 10.3 Å².